The lowest BCUT2D eigenvalue weighted by atomic mass is 10.0. The molecule has 1 saturated carbocycles. The van der Waals surface area contributed by atoms with Crippen LogP contribution in [0, 0.1) is 0 Å². The lowest BCUT2D eigenvalue weighted by Crippen LogP contribution is -2.34. The number of pyridine rings is 1. The van der Waals surface area contributed by atoms with Gasteiger partial charge in [-0.15, -0.1) is 10.2 Å². The lowest BCUT2D eigenvalue weighted by Gasteiger charge is -2.27. The summed E-state index contributed by atoms with van der Waals surface area (Å²) in [6.07, 6.45) is 11.1. The lowest BCUT2D eigenvalue weighted by molar-refractivity contribution is -0.127. The average Bonchev–Trinajstić information content (AvgIpc) is 3.33. The summed E-state index contributed by atoms with van der Waals surface area (Å²) < 4.78 is 1.93. The highest BCUT2D eigenvalue weighted by Crippen LogP contribution is 2.34. The second-order valence-corrected chi connectivity index (χ2v) is 7.08. The van der Waals surface area contributed by atoms with E-state index in [9.17, 15) is 4.79 Å². The minimum Gasteiger partial charge on any atom is -0.313 e. The largest absolute Gasteiger partial charge is 0.313 e. The van der Waals surface area contributed by atoms with Gasteiger partial charge in [0.05, 0.1) is 5.75 Å². The molecule has 2 aliphatic carbocycles. The zero-order chi connectivity index (χ0) is 15.6. The van der Waals surface area contributed by atoms with Crippen LogP contribution in [0.3, 0.4) is 0 Å². The Morgan fingerprint density at radius 2 is 2.22 bits per heavy atom. The summed E-state index contributed by atoms with van der Waals surface area (Å²) in [6, 6.07) is 6.24. The summed E-state index contributed by atoms with van der Waals surface area (Å²) in [5, 5.41) is 9.10. The van der Waals surface area contributed by atoms with Gasteiger partial charge in [-0.1, -0.05) is 23.9 Å². The number of hydrogen-bond donors (Lipinski definition) is 0. The summed E-state index contributed by atoms with van der Waals surface area (Å²) in [5.41, 5.74) is 2.06. The molecule has 2 heterocycles. The molecule has 6 heteroatoms. The quantitative estimate of drug-likeness (QED) is 0.791. The Hall–Kier alpha value is -1.82. The van der Waals surface area contributed by atoms with Gasteiger partial charge in [0.25, 0.3) is 0 Å². The van der Waals surface area contributed by atoms with E-state index in [-0.39, 0.29) is 5.91 Å². The Balaban J connectivity index is 1.47. The van der Waals surface area contributed by atoms with E-state index < -0.39 is 0 Å². The van der Waals surface area contributed by atoms with Gasteiger partial charge in [-0.2, -0.15) is 0 Å². The van der Waals surface area contributed by atoms with Crippen LogP contribution in [-0.4, -0.2) is 37.2 Å². The third-order valence-corrected chi connectivity index (χ3v) is 5.29. The molecule has 2 aliphatic rings. The first-order chi connectivity index (χ1) is 11.3. The fourth-order valence-corrected chi connectivity index (χ4v) is 3.87. The molecule has 0 N–H and O–H groups in total. The van der Waals surface area contributed by atoms with Crippen molar-refractivity contribution in [1.82, 2.24) is 19.5 Å². The predicted octanol–water partition coefficient (Wildman–Crippen LogP) is 3.27. The summed E-state index contributed by atoms with van der Waals surface area (Å²) in [4.78, 5) is 14.8. The number of allylic oxidation sites excluding steroid dienone is 2. The van der Waals surface area contributed by atoms with Crippen molar-refractivity contribution in [2.45, 2.75) is 49.7 Å². The van der Waals surface area contributed by atoms with Gasteiger partial charge in [-0.3, -0.25) is 9.20 Å². The first-order valence-corrected chi connectivity index (χ1v) is 9.25. The highest BCUT2D eigenvalue weighted by atomic mass is 32.2. The number of carbonyl (C=O) groups excluding carboxylic acids is 1. The van der Waals surface area contributed by atoms with Crippen molar-refractivity contribution in [3.05, 3.63) is 36.2 Å². The molecule has 2 aromatic rings. The Bertz CT molecular complexity index is 750. The van der Waals surface area contributed by atoms with Crippen LogP contribution in [0.15, 0.2) is 41.3 Å². The molecule has 120 valence electrons. The maximum atomic E-state index is 12.8. The van der Waals surface area contributed by atoms with E-state index in [2.05, 4.69) is 21.2 Å². The molecule has 0 aliphatic heterocycles. The van der Waals surface area contributed by atoms with E-state index in [1.165, 1.54) is 30.3 Å². The molecule has 4 rings (SSSR count). The summed E-state index contributed by atoms with van der Waals surface area (Å²) >= 11 is 1.47. The topological polar surface area (TPSA) is 50.5 Å². The Morgan fingerprint density at radius 1 is 1.30 bits per heavy atom. The average molecular weight is 328 g/mol. The highest BCUT2D eigenvalue weighted by Gasteiger charge is 2.35. The van der Waals surface area contributed by atoms with Crippen LogP contribution in [0.2, 0.25) is 0 Å². The van der Waals surface area contributed by atoms with Crippen LogP contribution in [0.1, 0.15) is 38.5 Å². The number of thioether (sulfide) groups is 1. The number of aromatic nitrogens is 3. The molecule has 0 radical (unpaired) electrons. The summed E-state index contributed by atoms with van der Waals surface area (Å²) in [7, 11) is 0. The Kier molecular flexibility index (Phi) is 4.08. The number of rotatable bonds is 5. The molecule has 0 saturated heterocycles. The number of hydrogen-bond acceptors (Lipinski definition) is 4. The zero-order valence-corrected chi connectivity index (χ0v) is 13.8. The van der Waals surface area contributed by atoms with E-state index in [0.29, 0.717) is 11.8 Å². The molecular formula is C17H20N4OS. The fourth-order valence-electron chi connectivity index (χ4n) is 3.08. The van der Waals surface area contributed by atoms with E-state index >= 15 is 0 Å². The van der Waals surface area contributed by atoms with Crippen LogP contribution in [-0.2, 0) is 4.79 Å². The van der Waals surface area contributed by atoms with Gasteiger partial charge in [-0.25, -0.2) is 0 Å². The molecule has 1 amide bonds. The van der Waals surface area contributed by atoms with Gasteiger partial charge in [0, 0.05) is 17.9 Å². The van der Waals surface area contributed by atoms with Crippen molar-refractivity contribution < 1.29 is 4.79 Å². The number of fused-ring (bicyclic) bond motifs is 1. The van der Waals surface area contributed by atoms with Crippen molar-refractivity contribution in [2.24, 2.45) is 0 Å². The molecule has 5 nitrogen and oxygen atoms in total. The first kappa shape index (κ1) is 14.8. The van der Waals surface area contributed by atoms with Crippen molar-refractivity contribution in [3.8, 4) is 0 Å². The molecule has 1 fully saturated rings. The van der Waals surface area contributed by atoms with Gasteiger partial charge in [0.15, 0.2) is 10.8 Å². The Morgan fingerprint density at radius 3 is 3.00 bits per heavy atom. The third-order valence-electron chi connectivity index (χ3n) is 4.36. The number of amides is 1. The molecule has 2 aromatic heterocycles. The monoisotopic (exact) mass is 328 g/mol. The minimum atomic E-state index is 0.207. The minimum absolute atomic E-state index is 0.207. The highest BCUT2D eigenvalue weighted by molar-refractivity contribution is 7.99. The van der Waals surface area contributed by atoms with Crippen LogP contribution >= 0.6 is 11.8 Å². The number of nitrogens with zero attached hydrogens (tertiary/aromatic N) is 4. The molecule has 0 aromatic carbocycles. The molecule has 0 spiro atoms. The number of carbonyl (C=O) groups is 1. The second-order valence-electron chi connectivity index (χ2n) is 6.14. The summed E-state index contributed by atoms with van der Waals surface area (Å²) in [5.74, 6) is 0.627. The standard InChI is InChI=1S/C17H20N4OS/c22-16(21(14-9-10-14)13-6-2-1-3-7-13)12-23-17-19-18-15-8-4-5-11-20(15)17/h4-6,8,11,14H,1-3,7,9-10,12H2. The maximum Gasteiger partial charge on any atom is 0.237 e. The maximum absolute atomic E-state index is 12.8. The second kappa shape index (κ2) is 6.35. The predicted molar refractivity (Wildman–Crippen MR) is 90.1 cm³/mol. The van der Waals surface area contributed by atoms with Gasteiger partial charge in [0.1, 0.15) is 0 Å². The van der Waals surface area contributed by atoms with Crippen LogP contribution < -0.4 is 0 Å². The smallest absolute Gasteiger partial charge is 0.237 e. The molecular weight excluding hydrogens is 308 g/mol. The first-order valence-electron chi connectivity index (χ1n) is 8.26. The SMILES string of the molecule is O=C(CSc1nnc2ccccn12)N(C1=CCCCC1)C1CC1. The van der Waals surface area contributed by atoms with E-state index in [4.69, 9.17) is 0 Å². The normalized spacial score (nSPS) is 18.0. The van der Waals surface area contributed by atoms with Crippen molar-refractivity contribution >= 4 is 23.3 Å². The van der Waals surface area contributed by atoms with Gasteiger partial charge in [-0.05, 0) is 50.7 Å². The van der Waals surface area contributed by atoms with Crippen LogP contribution in [0.5, 0.6) is 0 Å². The van der Waals surface area contributed by atoms with Crippen molar-refractivity contribution in [2.75, 3.05) is 5.75 Å². The zero-order valence-electron chi connectivity index (χ0n) is 13.0. The fraction of sp³-hybridized carbons (Fsp3) is 0.471. The molecule has 0 bridgehead atoms. The van der Waals surface area contributed by atoms with Crippen molar-refractivity contribution in [3.63, 3.8) is 0 Å². The molecule has 0 unspecified atom stereocenters. The van der Waals surface area contributed by atoms with Crippen LogP contribution in [0.4, 0.5) is 0 Å². The Labute approximate surface area is 139 Å². The van der Waals surface area contributed by atoms with Gasteiger partial charge < -0.3 is 4.90 Å². The van der Waals surface area contributed by atoms with E-state index in [1.807, 2.05) is 28.8 Å². The van der Waals surface area contributed by atoms with E-state index in [0.717, 1.165) is 36.5 Å². The van der Waals surface area contributed by atoms with E-state index in [1.54, 1.807) is 0 Å². The summed E-state index contributed by atoms with van der Waals surface area (Å²) in [6.45, 7) is 0. The van der Waals surface area contributed by atoms with Gasteiger partial charge in [0.2, 0.25) is 5.91 Å². The van der Waals surface area contributed by atoms with Gasteiger partial charge >= 0.3 is 0 Å². The van der Waals surface area contributed by atoms with Crippen LogP contribution in [0.25, 0.3) is 5.65 Å². The molecule has 23 heavy (non-hydrogen) atoms. The third kappa shape index (κ3) is 3.13. The van der Waals surface area contributed by atoms with Crippen molar-refractivity contribution in [1.29, 1.82) is 0 Å². The molecule has 0 atom stereocenters.